The Bertz CT molecular complexity index is 676. The number of nitrogen functional groups attached to an aromatic ring is 1. The molecule has 0 fully saturated rings. The minimum absolute atomic E-state index is 0.0445. The molecule has 0 amide bonds. The van der Waals surface area contributed by atoms with Gasteiger partial charge in [0, 0.05) is 5.56 Å². The maximum atomic E-state index is 13.7. The summed E-state index contributed by atoms with van der Waals surface area (Å²) in [5, 5.41) is 0.184. The van der Waals surface area contributed by atoms with Crippen LogP contribution in [0.4, 0.5) is 14.5 Å². The summed E-state index contributed by atoms with van der Waals surface area (Å²) in [7, 11) is 0. The highest BCUT2D eigenvalue weighted by Crippen LogP contribution is 2.25. The standard InChI is InChI=1S/C13H7BrClF2NO/c14-8-5-10(16)7(4-11(8)17)13(19)6-1-2-12(18)9(15)3-6/h1-5H,18H2. The van der Waals surface area contributed by atoms with E-state index in [1.54, 1.807) is 0 Å². The molecule has 19 heavy (non-hydrogen) atoms. The maximum absolute atomic E-state index is 13.7. The molecule has 0 saturated carbocycles. The van der Waals surface area contributed by atoms with E-state index in [9.17, 15) is 13.6 Å². The first-order valence-corrected chi connectivity index (χ1v) is 6.31. The van der Waals surface area contributed by atoms with E-state index in [1.165, 1.54) is 18.2 Å². The van der Waals surface area contributed by atoms with Gasteiger partial charge in [-0.15, -0.1) is 0 Å². The smallest absolute Gasteiger partial charge is 0.196 e. The second-order valence-electron chi connectivity index (χ2n) is 3.81. The molecule has 0 aromatic heterocycles. The van der Waals surface area contributed by atoms with Gasteiger partial charge in [-0.3, -0.25) is 4.79 Å². The van der Waals surface area contributed by atoms with Crippen LogP contribution in [0.3, 0.4) is 0 Å². The highest BCUT2D eigenvalue weighted by Gasteiger charge is 2.17. The second-order valence-corrected chi connectivity index (χ2v) is 5.07. The first-order chi connectivity index (χ1) is 8.90. The van der Waals surface area contributed by atoms with Gasteiger partial charge in [-0.1, -0.05) is 11.6 Å². The quantitative estimate of drug-likeness (QED) is 0.503. The molecular formula is C13H7BrClF2NO. The molecule has 0 unspecified atom stereocenters. The predicted molar refractivity (Wildman–Crippen MR) is 73.4 cm³/mol. The summed E-state index contributed by atoms with van der Waals surface area (Å²) >= 11 is 8.63. The molecule has 0 aliphatic heterocycles. The summed E-state index contributed by atoms with van der Waals surface area (Å²) in [5.41, 5.74) is 5.60. The SMILES string of the molecule is Nc1ccc(C(=O)c2cc(F)c(Br)cc2F)cc1Cl. The van der Waals surface area contributed by atoms with Crippen LogP contribution in [0.15, 0.2) is 34.8 Å². The Morgan fingerprint density at radius 3 is 2.47 bits per heavy atom. The third kappa shape index (κ3) is 2.77. The number of ketones is 1. The molecule has 2 aromatic carbocycles. The van der Waals surface area contributed by atoms with Crippen molar-refractivity contribution in [3.63, 3.8) is 0 Å². The molecule has 2 aromatic rings. The Morgan fingerprint density at radius 1 is 1.16 bits per heavy atom. The van der Waals surface area contributed by atoms with Gasteiger partial charge in [0.1, 0.15) is 11.6 Å². The van der Waals surface area contributed by atoms with Crippen LogP contribution in [0, 0.1) is 11.6 Å². The summed E-state index contributed by atoms with van der Waals surface area (Å²) in [5.74, 6) is -2.19. The predicted octanol–water partition coefficient (Wildman–Crippen LogP) is 4.19. The zero-order valence-corrected chi connectivity index (χ0v) is 11.7. The number of carbonyl (C=O) groups excluding carboxylic acids is 1. The van der Waals surface area contributed by atoms with Gasteiger partial charge in [0.2, 0.25) is 0 Å². The molecule has 2 N–H and O–H groups in total. The van der Waals surface area contributed by atoms with Crippen LogP contribution in [0.5, 0.6) is 0 Å². The molecule has 0 aliphatic carbocycles. The monoisotopic (exact) mass is 345 g/mol. The maximum Gasteiger partial charge on any atom is 0.196 e. The Morgan fingerprint density at radius 2 is 1.84 bits per heavy atom. The van der Waals surface area contributed by atoms with E-state index in [4.69, 9.17) is 17.3 Å². The van der Waals surface area contributed by atoms with Crippen LogP contribution in [0.1, 0.15) is 15.9 Å². The minimum atomic E-state index is -0.814. The molecule has 0 spiro atoms. The van der Waals surface area contributed by atoms with E-state index in [-0.39, 0.29) is 20.6 Å². The molecule has 0 radical (unpaired) electrons. The van der Waals surface area contributed by atoms with Crippen LogP contribution >= 0.6 is 27.5 Å². The van der Waals surface area contributed by atoms with E-state index in [2.05, 4.69) is 15.9 Å². The van der Waals surface area contributed by atoms with Gasteiger partial charge >= 0.3 is 0 Å². The largest absolute Gasteiger partial charge is 0.398 e. The number of nitrogens with two attached hydrogens (primary N) is 1. The highest BCUT2D eigenvalue weighted by atomic mass is 79.9. The van der Waals surface area contributed by atoms with Crippen molar-refractivity contribution in [3.8, 4) is 0 Å². The van der Waals surface area contributed by atoms with Crippen LogP contribution < -0.4 is 5.73 Å². The summed E-state index contributed by atoms with van der Waals surface area (Å²) in [6, 6.07) is 5.90. The van der Waals surface area contributed by atoms with Gasteiger partial charge in [-0.25, -0.2) is 8.78 Å². The van der Waals surface area contributed by atoms with Gasteiger partial charge < -0.3 is 5.73 Å². The van der Waals surface area contributed by atoms with Crippen LogP contribution in [-0.4, -0.2) is 5.78 Å². The Kier molecular flexibility index (Phi) is 3.87. The fourth-order valence-electron chi connectivity index (χ4n) is 1.52. The molecule has 0 atom stereocenters. The third-order valence-corrected chi connectivity index (χ3v) is 3.45. The zero-order valence-electron chi connectivity index (χ0n) is 9.38. The molecule has 98 valence electrons. The van der Waals surface area contributed by atoms with Gasteiger partial charge in [-0.2, -0.15) is 0 Å². The average Bonchev–Trinajstić information content (AvgIpc) is 2.36. The number of carbonyl (C=O) groups is 1. The molecule has 0 aliphatic rings. The minimum Gasteiger partial charge on any atom is -0.398 e. The Balaban J connectivity index is 2.49. The number of anilines is 1. The molecular weight excluding hydrogens is 340 g/mol. The second kappa shape index (κ2) is 5.27. The van der Waals surface area contributed by atoms with E-state index >= 15 is 0 Å². The topological polar surface area (TPSA) is 43.1 Å². The van der Waals surface area contributed by atoms with Crippen LogP contribution in [-0.2, 0) is 0 Å². The fraction of sp³-hybridized carbons (Fsp3) is 0. The van der Waals surface area contributed by atoms with Crippen LogP contribution in [0.25, 0.3) is 0 Å². The number of hydrogen-bond donors (Lipinski definition) is 1. The van der Waals surface area contributed by atoms with Crippen molar-refractivity contribution in [2.24, 2.45) is 0 Å². The van der Waals surface area contributed by atoms with Gasteiger partial charge in [0.05, 0.1) is 20.7 Å². The van der Waals surface area contributed by atoms with E-state index < -0.39 is 17.4 Å². The number of rotatable bonds is 2. The van der Waals surface area contributed by atoms with Crippen molar-refractivity contribution in [1.29, 1.82) is 0 Å². The van der Waals surface area contributed by atoms with Crippen molar-refractivity contribution < 1.29 is 13.6 Å². The lowest BCUT2D eigenvalue weighted by molar-refractivity contribution is 0.103. The van der Waals surface area contributed by atoms with Crippen molar-refractivity contribution in [3.05, 3.63) is 62.6 Å². The third-order valence-electron chi connectivity index (χ3n) is 2.52. The molecule has 2 nitrogen and oxygen atoms in total. The number of hydrogen-bond acceptors (Lipinski definition) is 2. The molecule has 0 heterocycles. The van der Waals surface area contributed by atoms with E-state index in [1.807, 2.05) is 0 Å². The number of halogens is 4. The molecule has 2 rings (SSSR count). The Labute approximate surface area is 121 Å². The average molecular weight is 347 g/mol. The summed E-state index contributed by atoms with van der Waals surface area (Å²) in [6.07, 6.45) is 0. The summed E-state index contributed by atoms with van der Waals surface area (Å²) in [4.78, 5) is 12.1. The van der Waals surface area contributed by atoms with Gasteiger partial charge in [-0.05, 0) is 46.3 Å². The van der Waals surface area contributed by atoms with Crippen molar-refractivity contribution >= 4 is 39.0 Å². The lowest BCUT2D eigenvalue weighted by Crippen LogP contribution is -2.06. The molecule has 6 heteroatoms. The van der Waals surface area contributed by atoms with Crippen LogP contribution in [0.2, 0.25) is 5.02 Å². The van der Waals surface area contributed by atoms with Gasteiger partial charge in [0.15, 0.2) is 5.78 Å². The van der Waals surface area contributed by atoms with Crippen molar-refractivity contribution in [2.75, 3.05) is 5.73 Å². The lowest BCUT2D eigenvalue weighted by atomic mass is 10.0. The van der Waals surface area contributed by atoms with E-state index in [0.29, 0.717) is 5.69 Å². The molecule has 0 saturated heterocycles. The summed E-state index contributed by atoms with van der Waals surface area (Å²) < 4.78 is 27.0. The zero-order chi connectivity index (χ0) is 14.2. The summed E-state index contributed by atoms with van der Waals surface area (Å²) in [6.45, 7) is 0. The first-order valence-electron chi connectivity index (χ1n) is 5.14. The van der Waals surface area contributed by atoms with Gasteiger partial charge in [0.25, 0.3) is 0 Å². The number of benzene rings is 2. The van der Waals surface area contributed by atoms with Crippen molar-refractivity contribution in [1.82, 2.24) is 0 Å². The lowest BCUT2D eigenvalue weighted by Gasteiger charge is -2.06. The highest BCUT2D eigenvalue weighted by molar-refractivity contribution is 9.10. The normalized spacial score (nSPS) is 10.5. The fourth-order valence-corrected chi connectivity index (χ4v) is 2.02. The van der Waals surface area contributed by atoms with Crippen molar-refractivity contribution in [2.45, 2.75) is 0 Å². The molecule has 0 bridgehead atoms. The first kappa shape index (κ1) is 14.0. The van der Waals surface area contributed by atoms with E-state index in [0.717, 1.165) is 12.1 Å². The Hall–Kier alpha value is -1.46.